The van der Waals surface area contributed by atoms with Gasteiger partial charge in [-0.1, -0.05) is 12.1 Å². The van der Waals surface area contributed by atoms with Crippen molar-refractivity contribution < 1.29 is 9.47 Å². The fourth-order valence-electron chi connectivity index (χ4n) is 1.98. The Balaban J connectivity index is 1.82. The normalized spacial score (nSPS) is 10.9. The molecule has 3 aromatic rings. The Bertz CT molecular complexity index is 672. The van der Waals surface area contributed by atoms with Gasteiger partial charge in [0.1, 0.15) is 6.61 Å². The van der Waals surface area contributed by atoms with Gasteiger partial charge in [0, 0.05) is 23.3 Å². The highest BCUT2D eigenvalue weighted by Crippen LogP contribution is 2.32. The first-order valence-corrected chi connectivity index (χ1v) is 7.49. The number of halogens is 1. The summed E-state index contributed by atoms with van der Waals surface area (Å²) in [6.07, 6.45) is 3.94. The van der Waals surface area contributed by atoms with Crippen molar-refractivity contribution in [3.05, 3.63) is 47.2 Å². The van der Waals surface area contributed by atoms with E-state index in [0.717, 1.165) is 16.2 Å². The summed E-state index contributed by atoms with van der Waals surface area (Å²) in [5.41, 5.74) is 1.79. The lowest BCUT2D eigenvalue weighted by atomic mass is 10.2. The minimum absolute atomic E-state index is 0.380. The van der Waals surface area contributed by atoms with Gasteiger partial charge in [-0.3, -0.25) is 4.40 Å². The second-order valence-corrected chi connectivity index (χ2v) is 5.34. The van der Waals surface area contributed by atoms with Crippen LogP contribution in [0.5, 0.6) is 11.5 Å². The van der Waals surface area contributed by atoms with Gasteiger partial charge in [0.05, 0.1) is 18.7 Å². The molecule has 0 aliphatic rings. The molecule has 0 aliphatic carbocycles. The maximum Gasteiger partial charge on any atom is 0.193 e. The molecule has 0 N–H and O–H groups in total. The number of nitrogens with zero attached hydrogens (tertiary/aromatic N) is 2. The highest BCUT2D eigenvalue weighted by Gasteiger charge is 2.11. The Labute approximate surface area is 125 Å². The lowest BCUT2D eigenvalue weighted by Crippen LogP contribution is -2.00. The predicted octanol–water partition coefficient (Wildman–Crippen LogP) is 3.72. The largest absolute Gasteiger partial charge is 0.493 e. The molecule has 0 fully saturated rings. The third-order valence-corrected chi connectivity index (χ3v) is 3.99. The highest BCUT2D eigenvalue weighted by atomic mass is 35.5. The van der Waals surface area contributed by atoms with Crippen molar-refractivity contribution in [2.75, 3.05) is 7.11 Å². The summed E-state index contributed by atoms with van der Waals surface area (Å²) in [6.45, 7) is 0.388. The van der Waals surface area contributed by atoms with Crippen LogP contribution >= 0.6 is 22.9 Å². The number of thiazole rings is 1. The SMILES string of the molecule is COc1cccc(CCl)c1OCc1cn2ccsc2n1. The number of benzene rings is 1. The molecule has 0 bridgehead atoms. The first kappa shape index (κ1) is 13.3. The fraction of sp³-hybridized carbons (Fsp3) is 0.214. The van der Waals surface area contributed by atoms with Crippen LogP contribution in [0, 0.1) is 0 Å². The van der Waals surface area contributed by atoms with Gasteiger partial charge in [-0.25, -0.2) is 4.98 Å². The summed E-state index contributed by atoms with van der Waals surface area (Å²) in [6, 6.07) is 5.68. The van der Waals surface area contributed by atoms with E-state index in [9.17, 15) is 0 Å². The fourth-order valence-corrected chi connectivity index (χ4v) is 2.91. The van der Waals surface area contributed by atoms with Gasteiger partial charge in [-0.05, 0) is 6.07 Å². The third kappa shape index (κ3) is 2.46. The molecule has 0 radical (unpaired) electrons. The molecule has 0 saturated heterocycles. The van der Waals surface area contributed by atoms with Crippen LogP contribution < -0.4 is 9.47 Å². The van der Waals surface area contributed by atoms with Crippen molar-refractivity contribution in [2.45, 2.75) is 12.5 Å². The van der Waals surface area contributed by atoms with Crippen molar-refractivity contribution in [3.63, 3.8) is 0 Å². The van der Waals surface area contributed by atoms with E-state index in [1.165, 1.54) is 0 Å². The monoisotopic (exact) mass is 308 g/mol. The molecular formula is C14H13ClN2O2S. The van der Waals surface area contributed by atoms with E-state index >= 15 is 0 Å². The van der Waals surface area contributed by atoms with Gasteiger partial charge < -0.3 is 9.47 Å². The lowest BCUT2D eigenvalue weighted by Gasteiger charge is -2.12. The van der Waals surface area contributed by atoms with Crippen LogP contribution in [-0.4, -0.2) is 16.5 Å². The van der Waals surface area contributed by atoms with E-state index < -0.39 is 0 Å². The van der Waals surface area contributed by atoms with Gasteiger partial charge in [0.15, 0.2) is 16.5 Å². The van der Waals surface area contributed by atoms with E-state index in [4.69, 9.17) is 21.1 Å². The van der Waals surface area contributed by atoms with E-state index in [1.807, 2.05) is 40.4 Å². The van der Waals surface area contributed by atoms with Crippen molar-refractivity contribution in [2.24, 2.45) is 0 Å². The topological polar surface area (TPSA) is 35.8 Å². The maximum atomic E-state index is 5.94. The lowest BCUT2D eigenvalue weighted by molar-refractivity contribution is 0.279. The van der Waals surface area contributed by atoms with Gasteiger partial charge in [-0.2, -0.15) is 0 Å². The number of fused-ring (bicyclic) bond motifs is 1. The van der Waals surface area contributed by atoms with Crippen LogP contribution in [0.2, 0.25) is 0 Å². The minimum atomic E-state index is 0.380. The molecule has 104 valence electrons. The molecule has 2 aromatic heterocycles. The third-order valence-electron chi connectivity index (χ3n) is 2.93. The molecular weight excluding hydrogens is 296 g/mol. The number of hydrogen-bond donors (Lipinski definition) is 0. The van der Waals surface area contributed by atoms with Gasteiger partial charge >= 0.3 is 0 Å². The Morgan fingerprint density at radius 2 is 2.30 bits per heavy atom. The summed E-state index contributed by atoms with van der Waals surface area (Å²) >= 11 is 7.53. The zero-order chi connectivity index (χ0) is 13.9. The average Bonchev–Trinajstić information content (AvgIpc) is 3.05. The van der Waals surface area contributed by atoms with Gasteiger partial charge in [0.2, 0.25) is 0 Å². The highest BCUT2D eigenvalue weighted by molar-refractivity contribution is 7.15. The number of hydrogen-bond acceptors (Lipinski definition) is 4. The Morgan fingerprint density at radius 3 is 3.05 bits per heavy atom. The molecule has 6 heteroatoms. The Morgan fingerprint density at radius 1 is 1.40 bits per heavy atom. The predicted molar refractivity (Wildman–Crippen MR) is 80.0 cm³/mol. The van der Waals surface area contributed by atoms with Gasteiger partial charge in [-0.15, -0.1) is 22.9 Å². The quantitative estimate of drug-likeness (QED) is 0.674. The number of para-hydroxylation sites is 1. The summed E-state index contributed by atoms with van der Waals surface area (Å²) in [4.78, 5) is 5.44. The molecule has 2 heterocycles. The molecule has 0 aliphatic heterocycles. The molecule has 0 amide bonds. The van der Waals surface area contributed by atoms with E-state index in [2.05, 4.69) is 4.98 Å². The second kappa shape index (κ2) is 5.73. The Kier molecular flexibility index (Phi) is 3.80. The molecule has 1 aromatic carbocycles. The van der Waals surface area contributed by atoms with Crippen LogP contribution in [0.15, 0.2) is 36.0 Å². The summed E-state index contributed by atoms with van der Waals surface area (Å²) in [5, 5.41) is 2.00. The number of methoxy groups -OCH3 is 1. The number of alkyl halides is 1. The van der Waals surface area contributed by atoms with Crippen LogP contribution in [0.1, 0.15) is 11.3 Å². The van der Waals surface area contributed by atoms with E-state index in [0.29, 0.717) is 24.0 Å². The van der Waals surface area contributed by atoms with Crippen molar-refractivity contribution in [3.8, 4) is 11.5 Å². The average molecular weight is 309 g/mol. The maximum absolute atomic E-state index is 5.94. The zero-order valence-electron chi connectivity index (χ0n) is 10.9. The summed E-state index contributed by atoms with van der Waals surface area (Å²) in [7, 11) is 1.62. The summed E-state index contributed by atoms with van der Waals surface area (Å²) in [5.74, 6) is 1.75. The first-order valence-electron chi connectivity index (χ1n) is 6.07. The molecule has 0 spiro atoms. The van der Waals surface area contributed by atoms with E-state index in [-0.39, 0.29) is 0 Å². The van der Waals surface area contributed by atoms with E-state index in [1.54, 1.807) is 18.4 Å². The summed E-state index contributed by atoms with van der Waals surface area (Å²) < 4.78 is 13.1. The molecule has 0 saturated carbocycles. The van der Waals surface area contributed by atoms with Crippen molar-refractivity contribution in [1.29, 1.82) is 0 Å². The number of aromatic nitrogens is 2. The number of imidazole rings is 1. The van der Waals surface area contributed by atoms with Crippen LogP contribution in [0.3, 0.4) is 0 Å². The number of rotatable bonds is 5. The molecule has 4 nitrogen and oxygen atoms in total. The standard InChI is InChI=1S/C14H13ClN2O2S/c1-18-12-4-2-3-10(7-15)13(12)19-9-11-8-17-5-6-20-14(17)16-11/h2-6,8H,7,9H2,1H3. The van der Waals surface area contributed by atoms with Crippen molar-refractivity contribution >= 4 is 27.9 Å². The Hall–Kier alpha value is -1.72. The molecule has 3 rings (SSSR count). The van der Waals surface area contributed by atoms with Crippen molar-refractivity contribution in [1.82, 2.24) is 9.38 Å². The molecule has 20 heavy (non-hydrogen) atoms. The minimum Gasteiger partial charge on any atom is -0.493 e. The first-order chi connectivity index (χ1) is 9.81. The molecule has 0 unspecified atom stereocenters. The zero-order valence-corrected chi connectivity index (χ0v) is 12.4. The number of ether oxygens (including phenoxy) is 2. The smallest absolute Gasteiger partial charge is 0.193 e. The molecule has 0 atom stereocenters. The van der Waals surface area contributed by atoms with Crippen LogP contribution in [0.4, 0.5) is 0 Å². The van der Waals surface area contributed by atoms with Gasteiger partial charge in [0.25, 0.3) is 0 Å². The second-order valence-electron chi connectivity index (χ2n) is 4.20. The van der Waals surface area contributed by atoms with Crippen LogP contribution in [-0.2, 0) is 12.5 Å². The van der Waals surface area contributed by atoms with Crippen LogP contribution in [0.25, 0.3) is 4.96 Å².